The van der Waals surface area contributed by atoms with Crippen molar-refractivity contribution < 1.29 is 26.6 Å². The average Bonchev–Trinajstić information content (AvgIpc) is 3.76. The first-order valence-electron chi connectivity index (χ1n) is 17.3. The van der Waals surface area contributed by atoms with Gasteiger partial charge in [0.25, 0.3) is 0 Å². The molecule has 230 valence electrons. The second-order valence-electron chi connectivity index (χ2n) is 16.1. The molecule has 40 heavy (non-hydrogen) atoms. The predicted octanol–water partition coefficient (Wildman–Crippen LogP) is 7.24. The van der Waals surface area contributed by atoms with E-state index in [4.69, 9.17) is 26.6 Å². The van der Waals surface area contributed by atoms with Crippen LogP contribution in [0.1, 0.15) is 77.0 Å². The lowest BCUT2D eigenvalue weighted by Crippen LogP contribution is -2.52. The molecule has 0 bridgehead atoms. The number of hydrogen-bond donors (Lipinski definition) is 0. The molecule has 6 fully saturated rings. The van der Waals surface area contributed by atoms with E-state index in [9.17, 15) is 1.23 Å². The molecule has 9 atom stereocenters. The van der Waals surface area contributed by atoms with E-state index in [0.29, 0.717) is 36.6 Å². The Bertz CT molecular complexity index is 811. The van der Waals surface area contributed by atoms with Crippen molar-refractivity contribution >= 4 is 34.4 Å². The topological polar surface area (TPSA) is 65.3 Å². The van der Waals surface area contributed by atoms with Gasteiger partial charge in [-0.3, -0.25) is 0 Å². The summed E-state index contributed by atoms with van der Waals surface area (Å²) in [6.07, 6.45) is 18.0. The van der Waals surface area contributed by atoms with Crippen LogP contribution in [0, 0.1) is 17.8 Å². The third-order valence-corrected chi connectivity index (χ3v) is 24.0. The molecule has 3 aliphatic heterocycles. The molecule has 3 aliphatic carbocycles. The molecule has 0 radical (unpaired) electrons. The van der Waals surface area contributed by atoms with Gasteiger partial charge in [0.15, 0.2) is 25.0 Å². The molecular formula is C30H58O6Si4. The second kappa shape index (κ2) is 12.2. The van der Waals surface area contributed by atoms with Crippen molar-refractivity contribution in [1.29, 1.82) is 1.23 Å². The van der Waals surface area contributed by atoms with Crippen LogP contribution in [-0.2, 0) is 26.6 Å². The molecule has 0 amide bonds. The molecule has 3 saturated heterocycles. The van der Waals surface area contributed by atoms with Crippen LogP contribution in [0.25, 0.3) is 0 Å². The molecule has 6 aliphatic rings. The Morgan fingerprint density at radius 3 is 1.10 bits per heavy atom. The predicted molar refractivity (Wildman–Crippen MR) is 169 cm³/mol. The van der Waals surface area contributed by atoms with Crippen molar-refractivity contribution in [2.24, 2.45) is 17.8 Å². The van der Waals surface area contributed by atoms with Gasteiger partial charge in [0.2, 0.25) is 0 Å². The number of epoxide rings is 3. The Morgan fingerprint density at radius 2 is 0.825 bits per heavy atom. The maximum atomic E-state index is 9.79. The third-order valence-electron chi connectivity index (χ3n) is 10.9. The van der Waals surface area contributed by atoms with Gasteiger partial charge in [-0.1, -0.05) is 19.3 Å². The summed E-state index contributed by atoms with van der Waals surface area (Å²) in [5, 5.41) is 0. The first kappa shape index (κ1) is 29.3. The summed E-state index contributed by atoms with van der Waals surface area (Å²) in [5.41, 5.74) is 0. The molecule has 0 aromatic rings. The molecule has 10 heteroatoms. The molecule has 0 spiro atoms. The Balaban J connectivity index is 1.06. The van der Waals surface area contributed by atoms with Crippen molar-refractivity contribution in [1.82, 2.24) is 0 Å². The third kappa shape index (κ3) is 8.85. The fourth-order valence-corrected chi connectivity index (χ4v) is 19.4. The molecule has 3 saturated carbocycles. The quantitative estimate of drug-likeness (QED) is 0.141. The van der Waals surface area contributed by atoms with Crippen LogP contribution < -0.4 is 0 Å². The van der Waals surface area contributed by atoms with E-state index < -0.39 is 34.4 Å². The highest BCUT2D eigenvalue weighted by atomic mass is 28.5. The van der Waals surface area contributed by atoms with Crippen LogP contribution >= 0.6 is 0 Å². The van der Waals surface area contributed by atoms with Crippen molar-refractivity contribution in [2.75, 3.05) is 0 Å². The molecule has 0 aromatic heterocycles. The summed E-state index contributed by atoms with van der Waals surface area (Å²) in [6.45, 7) is 13.8. The van der Waals surface area contributed by atoms with E-state index in [0.717, 1.165) is 35.9 Å². The van der Waals surface area contributed by atoms with Gasteiger partial charge in [-0.2, -0.15) is 0 Å². The van der Waals surface area contributed by atoms with E-state index in [-0.39, 0.29) is 0 Å². The van der Waals surface area contributed by atoms with Gasteiger partial charge in [0, 0.05) is 0 Å². The number of hydrogen-bond acceptors (Lipinski definition) is 6. The normalized spacial score (nSPS) is 40.8. The van der Waals surface area contributed by atoms with E-state index in [2.05, 4.69) is 39.3 Å². The summed E-state index contributed by atoms with van der Waals surface area (Å²) in [4.78, 5) is 0. The van der Waals surface area contributed by atoms with Gasteiger partial charge in [-0.15, -0.1) is 0 Å². The zero-order valence-electron chi connectivity index (χ0n) is 27.3. The lowest BCUT2D eigenvalue weighted by atomic mass is 9.88. The van der Waals surface area contributed by atoms with Crippen LogP contribution in [0.4, 0.5) is 0 Å². The maximum absolute atomic E-state index is 9.79. The Kier molecular flexibility index (Phi) is 8.95. The van der Waals surface area contributed by atoms with E-state index in [1.54, 1.807) is 0 Å². The molecule has 6 rings (SSSR count). The first-order chi connectivity index (χ1) is 19.3. The van der Waals surface area contributed by atoms with Crippen LogP contribution in [0.2, 0.25) is 57.4 Å². The smallest absolute Gasteiger partial charge is 0.419 e. The molecule has 3 heterocycles. The second-order valence-corrected chi connectivity index (χ2v) is 31.1. The van der Waals surface area contributed by atoms with Crippen LogP contribution in [0.15, 0.2) is 0 Å². The molecule has 6 nitrogen and oxygen atoms in total. The summed E-state index contributed by atoms with van der Waals surface area (Å²) >= 11 is 0. The monoisotopic (exact) mass is 627 g/mol. The summed E-state index contributed by atoms with van der Waals surface area (Å²) in [6, 6.07) is 3.23. The fourth-order valence-electron chi connectivity index (χ4n) is 7.79. The standard InChI is InChI=1S/C30H58O6Si4/c1-38(2,16-13-22-7-10-25-28(19-22)31-25)34-37(35-39(3,4)17-14-23-8-11-26-29(20-23)32-26)36-40(5,6)18-15-24-9-12-27-30(21-24)33-27/h22-30,37H,7-21H2,1-6H3/i37D. The summed E-state index contributed by atoms with van der Waals surface area (Å²) in [5.74, 6) is 2.22. The molecule has 0 aromatic carbocycles. The van der Waals surface area contributed by atoms with Crippen molar-refractivity contribution in [3.8, 4) is 0 Å². The highest BCUT2D eigenvalue weighted by Crippen LogP contribution is 2.44. The Hall–Kier alpha value is 0.628. The zero-order valence-corrected chi connectivity index (χ0v) is 30.3. The maximum Gasteiger partial charge on any atom is 0.452 e. The average molecular weight is 628 g/mol. The highest BCUT2D eigenvalue weighted by molar-refractivity contribution is 6.84. The highest BCUT2D eigenvalue weighted by Gasteiger charge is 2.47. The van der Waals surface area contributed by atoms with Gasteiger partial charge in [-0.25, -0.2) is 0 Å². The van der Waals surface area contributed by atoms with Gasteiger partial charge >= 0.3 is 9.46 Å². The number of ether oxygens (including phenoxy) is 3. The summed E-state index contributed by atoms with van der Waals surface area (Å²) < 4.78 is 48.0. The van der Waals surface area contributed by atoms with Gasteiger partial charge in [0.05, 0.1) is 36.6 Å². The van der Waals surface area contributed by atoms with E-state index in [1.807, 2.05) is 0 Å². The van der Waals surface area contributed by atoms with Crippen molar-refractivity contribution in [3.63, 3.8) is 0 Å². The van der Waals surface area contributed by atoms with Crippen LogP contribution in [0.5, 0.6) is 0 Å². The van der Waals surface area contributed by atoms with E-state index in [1.165, 1.54) is 77.0 Å². The van der Waals surface area contributed by atoms with Gasteiger partial charge < -0.3 is 26.6 Å². The SMILES string of the molecule is [2H][Si](O[Si](C)(C)CCC1CCC2OC2C1)(O[Si](C)(C)CCC1CCC2OC2C1)O[Si](C)(C)CCC1CCC2OC2C1. The fraction of sp³-hybridized carbons (Fsp3) is 1.00. The number of rotatable bonds is 15. The van der Waals surface area contributed by atoms with Crippen LogP contribution in [0.3, 0.4) is 0 Å². The Labute approximate surface area is 250 Å². The van der Waals surface area contributed by atoms with Gasteiger partial charge in [-0.05, 0) is 133 Å². The molecule has 9 unspecified atom stereocenters. The minimum absolute atomic E-state index is 0.525. The van der Waals surface area contributed by atoms with Gasteiger partial charge in [0.1, 0.15) is 1.23 Å². The van der Waals surface area contributed by atoms with E-state index >= 15 is 0 Å². The Morgan fingerprint density at radius 1 is 0.525 bits per heavy atom. The molecule has 0 N–H and O–H groups in total. The minimum atomic E-state index is -3.57. The lowest BCUT2D eigenvalue weighted by Gasteiger charge is -2.38. The minimum Gasteiger partial charge on any atom is -0.419 e. The van der Waals surface area contributed by atoms with Crippen LogP contribution in [-0.4, -0.2) is 72.3 Å². The first-order valence-corrected chi connectivity index (χ1v) is 27.4. The van der Waals surface area contributed by atoms with Crippen molar-refractivity contribution in [3.05, 3.63) is 0 Å². The zero-order chi connectivity index (χ0) is 29.0. The summed E-state index contributed by atoms with van der Waals surface area (Å²) in [7, 11) is -10.0. The number of fused-ring (bicyclic) bond motifs is 3. The van der Waals surface area contributed by atoms with Crippen molar-refractivity contribution in [2.45, 2.75) is 171 Å². The molecular weight excluding hydrogens is 569 g/mol. The largest absolute Gasteiger partial charge is 0.452 e. The lowest BCUT2D eigenvalue weighted by molar-refractivity contribution is 0.285.